The van der Waals surface area contributed by atoms with Crippen LogP contribution in [0, 0.1) is 0 Å². The van der Waals surface area contributed by atoms with Gasteiger partial charge in [0.1, 0.15) is 0 Å². The van der Waals surface area contributed by atoms with Gasteiger partial charge in [-0.15, -0.1) is 0 Å². The fraction of sp³-hybridized carbons (Fsp3) is 0. The van der Waals surface area contributed by atoms with Crippen LogP contribution in [-0.4, -0.2) is 5.26 Å². The van der Waals surface area contributed by atoms with E-state index in [1.165, 1.54) is 0 Å². The van der Waals surface area contributed by atoms with E-state index in [0.29, 0.717) is 0 Å². The molecule has 8 heavy (non-hydrogen) atoms. The molecular formula is HFeLiO5P+. The van der Waals surface area contributed by atoms with E-state index >= 15 is 0 Å². The fourth-order valence-electron chi connectivity index (χ4n) is 0. The van der Waals surface area contributed by atoms with Gasteiger partial charge in [-0.1, -0.05) is 0 Å². The van der Waals surface area contributed by atoms with Crippen LogP contribution >= 0.6 is 7.82 Å². The molecular weight excluding hydrogens is 174 g/mol. The number of hydrogen-bond acceptors (Lipinski definition) is 5. The van der Waals surface area contributed by atoms with Gasteiger partial charge in [-0.3, -0.25) is 0 Å². The molecule has 0 aromatic heterocycles. The topological polar surface area (TPSA) is 92.7 Å². The molecule has 0 rings (SSSR count). The van der Waals surface area contributed by atoms with Gasteiger partial charge >= 0.3 is 35.9 Å². The average molecular weight is 175 g/mol. The second-order valence-electron chi connectivity index (χ2n) is 0.529. The maximum Gasteiger partial charge on any atom is 2.00 e. The van der Waals surface area contributed by atoms with Crippen molar-refractivity contribution in [2.24, 2.45) is 0 Å². The van der Waals surface area contributed by atoms with Crippen molar-refractivity contribution in [3.8, 4) is 0 Å². The Morgan fingerprint density at radius 2 is 1.62 bits per heavy atom. The molecule has 0 bridgehead atoms. The molecule has 8 heteroatoms. The molecule has 0 saturated heterocycles. The summed E-state index contributed by atoms with van der Waals surface area (Å²) in [6.07, 6.45) is 0. The second kappa shape index (κ2) is 6.31. The van der Waals surface area contributed by atoms with Crippen molar-refractivity contribution in [1.82, 2.24) is 0 Å². The van der Waals surface area contributed by atoms with Gasteiger partial charge in [-0.2, -0.15) is 0 Å². The molecule has 0 amide bonds. The van der Waals surface area contributed by atoms with Crippen LogP contribution in [0.3, 0.4) is 0 Å². The number of rotatable bonds is 1. The van der Waals surface area contributed by atoms with Gasteiger partial charge in [-0.05, 0) is 0 Å². The summed E-state index contributed by atoms with van der Waals surface area (Å²) in [7, 11) is -5.09. The van der Waals surface area contributed by atoms with E-state index in [0.717, 1.165) is 0 Å². The first-order valence-corrected chi connectivity index (χ1v) is 2.37. The van der Waals surface area contributed by atoms with Crippen molar-refractivity contribution >= 4 is 7.82 Å². The van der Waals surface area contributed by atoms with Crippen molar-refractivity contribution in [2.75, 3.05) is 0 Å². The molecule has 0 aliphatic carbocycles. The Kier molecular flexibility index (Phi) is 12.7. The summed E-state index contributed by atoms with van der Waals surface area (Å²) in [4.78, 5) is 18.0. The van der Waals surface area contributed by atoms with Gasteiger partial charge in [0.25, 0.3) is 0 Å². The van der Waals surface area contributed by atoms with Crippen LogP contribution in [0.5, 0.6) is 0 Å². The molecule has 0 spiro atoms. The summed E-state index contributed by atoms with van der Waals surface area (Å²) in [5.74, 6) is 0. The molecule has 0 aliphatic rings. The maximum atomic E-state index is 9.00. The van der Waals surface area contributed by atoms with Gasteiger partial charge < -0.3 is 14.4 Å². The third kappa shape index (κ3) is 15.7. The van der Waals surface area contributed by atoms with Crippen molar-refractivity contribution in [3.05, 3.63) is 0 Å². The van der Waals surface area contributed by atoms with E-state index in [4.69, 9.17) is 19.6 Å². The van der Waals surface area contributed by atoms with Crippen LogP contribution in [0.15, 0.2) is 0 Å². The summed E-state index contributed by atoms with van der Waals surface area (Å²) in [5.41, 5.74) is 0. The molecule has 0 aromatic carbocycles. The van der Waals surface area contributed by atoms with Crippen molar-refractivity contribution < 1.29 is 60.2 Å². The Hall–Kier alpha value is 1.19. The van der Waals surface area contributed by atoms with Gasteiger partial charge in [0, 0.05) is 0 Å². The zero-order valence-electron chi connectivity index (χ0n) is 3.88. The van der Waals surface area contributed by atoms with Crippen LogP contribution in [0.2, 0.25) is 0 Å². The second-order valence-corrected chi connectivity index (χ2v) is 1.59. The predicted octanol–water partition coefficient (Wildman–Crippen LogP) is -4.69. The first-order chi connectivity index (χ1) is 2.56. The molecule has 0 heterocycles. The molecule has 0 unspecified atom stereocenters. The van der Waals surface area contributed by atoms with Gasteiger partial charge in [0.05, 0.1) is 7.82 Å². The van der Waals surface area contributed by atoms with E-state index in [-0.39, 0.29) is 35.9 Å². The molecule has 0 radical (unpaired) electrons. The van der Waals surface area contributed by atoms with E-state index in [9.17, 15) is 0 Å². The summed E-state index contributed by atoms with van der Waals surface area (Å²) >= 11 is 0. The minimum atomic E-state index is -5.09. The average Bonchev–Trinajstić information content (AvgIpc) is 1.35. The minimum absolute atomic E-state index is 0. The quantitative estimate of drug-likeness (QED) is 0.187. The summed E-state index contributed by atoms with van der Waals surface area (Å²) in [5, 5.41) is 7.01. The fourth-order valence-corrected chi connectivity index (χ4v) is 0. The largest absolute Gasteiger partial charge is 2.00 e. The van der Waals surface area contributed by atoms with Gasteiger partial charge in [0.2, 0.25) is 0 Å². The first kappa shape index (κ1) is 16.1. The summed E-state index contributed by atoms with van der Waals surface area (Å²) in [6.45, 7) is 0. The van der Waals surface area contributed by atoms with Crippen molar-refractivity contribution in [3.63, 3.8) is 0 Å². The predicted molar refractivity (Wildman–Crippen MR) is 11.3 cm³/mol. The molecule has 1 N–H and O–H groups in total. The van der Waals surface area contributed by atoms with Crippen molar-refractivity contribution in [1.29, 1.82) is 0 Å². The first-order valence-electron chi connectivity index (χ1n) is 0.913. The zero-order valence-corrected chi connectivity index (χ0v) is 5.88. The SMILES string of the molecule is O=P([O-])([O-])OO.[Fe+2].[Li+]. The zero-order chi connectivity index (χ0) is 5.21. The van der Waals surface area contributed by atoms with Crippen LogP contribution in [0.1, 0.15) is 0 Å². The monoisotopic (exact) mass is 175 g/mol. The van der Waals surface area contributed by atoms with E-state index in [2.05, 4.69) is 4.67 Å². The van der Waals surface area contributed by atoms with Crippen molar-refractivity contribution in [2.45, 2.75) is 0 Å². The Labute approximate surface area is 68.2 Å². The molecule has 5 nitrogen and oxygen atoms in total. The molecule has 0 aromatic rings. The number of phosphoric acid groups is 1. The van der Waals surface area contributed by atoms with Crippen LogP contribution in [0.4, 0.5) is 0 Å². The summed E-state index contributed by atoms with van der Waals surface area (Å²) < 4.78 is 11.4. The van der Waals surface area contributed by atoms with Gasteiger partial charge in [0.15, 0.2) is 0 Å². The van der Waals surface area contributed by atoms with Crippen LogP contribution in [0.25, 0.3) is 0 Å². The third-order valence-electron chi connectivity index (χ3n) is 0.100. The third-order valence-corrected chi connectivity index (χ3v) is 0.300. The Bertz CT molecular complexity index is 76.5. The van der Waals surface area contributed by atoms with Crippen LogP contribution < -0.4 is 28.6 Å². The smallest absolute Gasteiger partial charge is 0.788 e. The Balaban J connectivity index is -0.000000125. The molecule has 0 saturated carbocycles. The molecule has 44 valence electrons. The normalized spacial score (nSPS) is 8.88. The van der Waals surface area contributed by atoms with E-state index < -0.39 is 7.82 Å². The Morgan fingerprint density at radius 1 is 1.50 bits per heavy atom. The minimum Gasteiger partial charge on any atom is -0.788 e. The molecule has 0 aliphatic heterocycles. The summed E-state index contributed by atoms with van der Waals surface area (Å²) in [6, 6.07) is 0. The molecule has 0 fully saturated rings. The number of hydrogen-bond donors (Lipinski definition) is 1. The molecule has 0 atom stereocenters. The maximum absolute atomic E-state index is 9.00. The van der Waals surface area contributed by atoms with Gasteiger partial charge in [-0.25, -0.2) is 9.93 Å². The Morgan fingerprint density at radius 3 is 1.62 bits per heavy atom. The standard InChI is InChI=1S/Fe.Li.H3O5P/c;;1-5-6(2,3)4/h;;1H,(H2,2,3,4)/q+2;+1;/p-2. The van der Waals surface area contributed by atoms with E-state index in [1.54, 1.807) is 0 Å². The van der Waals surface area contributed by atoms with E-state index in [1.807, 2.05) is 0 Å². The van der Waals surface area contributed by atoms with Crippen LogP contribution in [-0.2, 0) is 26.3 Å².